The first-order valence-electron chi connectivity index (χ1n) is 8.64. The standard InChI is InChI=1S/C22H16N2O4/c25-21-20(13-15-9-11-23-12-10-15)28-19-4-2-1-3-18(19)24(21)14-16-5-7-17(8-6-16)22(26)27/h1-13H,14H2,(H,26,27)/b20-13+. The van der Waals surface area contributed by atoms with E-state index in [-0.39, 0.29) is 17.2 Å². The van der Waals surface area contributed by atoms with Crippen molar-refractivity contribution in [2.24, 2.45) is 0 Å². The molecule has 2 heterocycles. The molecule has 1 N–H and O–H groups in total. The van der Waals surface area contributed by atoms with Gasteiger partial charge in [-0.3, -0.25) is 14.7 Å². The molecule has 0 spiro atoms. The number of aromatic nitrogens is 1. The number of carboxylic acids is 1. The van der Waals surface area contributed by atoms with Crippen molar-refractivity contribution in [2.45, 2.75) is 6.54 Å². The van der Waals surface area contributed by atoms with Crippen molar-refractivity contribution in [3.05, 3.63) is 95.5 Å². The molecule has 0 radical (unpaired) electrons. The largest absolute Gasteiger partial charge is 0.478 e. The van der Waals surface area contributed by atoms with Crippen LogP contribution in [0.15, 0.2) is 78.8 Å². The maximum Gasteiger partial charge on any atom is 0.335 e. The van der Waals surface area contributed by atoms with E-state index in [4.69, 9.17) is 9.84 Å². The zero-order valence-electron chi connectivity index (χ0n) is 14.8. The summed E-state index contributed by atoms with van der Waals surface area (Å²) in [5, 5.41) is 9.05. The number of hydrogen-bond donors (Lipinski definition) is 1. The molecular formula is C22H16N2O4. The molecule has 0 atom stereocenters. The Labute approximate surface area is 161 Å². The number of fused-ring (bicyclic) bond motifs is 1. The fourth-order valence-electron chi connectivity index (χ4n) is 2.97. The number of ether oxygens (including phenoxy) is 1. The maximum absolute atomic E-state index is 13.1. The van der Waals surface area contributed by atoms with Crippen molar-refractivity contribution in [1.29, 1.82) is 0 Å². The Morgan fingerprint density at radius 1 is 1.04 bits per heavy atom. The summed E-state index contributed by atoms with van der Waals surface area (Å²) in [7, 11) is 0. The second kappa shape index (κ2) is 7.36. The molecule has 28 heavy (non-hydrogen) atoms. The van der Waals surface area contributed by atoms with E-state index >= 15 is 0 Å². The molecule has 0 unspecified atom stereocenters. The van der Waals surface area contributed by atoms with Crippen LogP contribution < -0.4 is 9.64 Å². The minimum atomic E-state index is -0.984. The Balaban J connectivity index is 1.69. The van der Waals surface area contributed by atoms with Crippen molar-refractivity contribution in [1.82, 2.24) is 4.98 Å². The zero-order chi connectivity index (χ0) is 19.5. The highest BCUT2D eigenvalue weighted by molar-refractivity contribution is 6.09. The van der Waals surface area contributed by atoms with E-state index in [1.54, 1.807) is 47.6 Å². The number of aromatic carboxylic acids is 1. The molecule has 1 aromatic heterocycles. The van der Waals surface area contributed by atoms with Crippen molar-refractivity contribution < 1.29 is 19.4 Å². The summed E-state index contributed by atoms with van der Waals surface area (Å²) >= 11 is 0. The Morgan fingerprint density at radius 3 is 2.46 bits per heavy atom. The summed E-state index contributed by atoms with van der Waals surface area (Å²) in [5.74, 6) is -0.448. The normalized spacial score (nSPS) is 14.5. The highest BCUT2D eigenvalue weighted by atomic mass is 16.5. The second-order valence-electron chi connectivity index (χ2n) is 6.25. The maximum atomic E-state index is 13.1. The molecule has 1 aliphatic rings. The van der Waals surface area contributed by atoms with Gasteiger partial charge in [0.25, 0.3) is 5.91 Å². The number of pyridine rings is 1. The quantitative estimate of drug-likeness (QED) is 0.706. The molecule has 1 amide bonds. The number of carbonyl (C=O) groups excluding carboxylic acids is 1. The fourth-order valence-corrected chi connectivity index (χ4v) is 2.97. The van der Waals surface area contributed by atoms with E-state index in [0.29, 0.717) is 18.0 Å². The summed E-state index contributed by atoms with van der Waals surface area (Å²) in [6, 6.07) is 17.4. The predicted molar refractivity (Wildman–Crippen MR) is 104 cm³/mol. The number of benzene rings is 2. The SMILES string of the molecule is O=C(O)c1ccc(CN2C(=O)/C(=C\c3ccncc3)Oc3ccccc32)cc1. The Kier molecular flexibility index (Phi) is 4.60. The third kappa shape index (κ3) is 3.48. The van der Waals surface area contributed by atoms with Gasteiger partial charge < -0.3 is 9.84 Å². The molecule has 0 bridgehead atoms. The van der Waals surface area contributed by atoms with Gasteiger partial charge in [0.2, 0.25) is 0 Å². The van der Waals surface area contributed by atoms with E-state index in [9.17, 15) is 9.59 Å². The number of anilines is 1. The number of amides is 1. The van der Waals surface area contributed by atoms with E-state index in [2.05, 4.69) is 4.98 Å². The topological polar surface area (TPSA) is 79.7 Å². The first-order chi connectivity index (χ1) is 13.6. The van der Waals surface area contributed by atoms with Gasteiger partial charge in [0, 0.05) is 12.4 Å². The molecular weight excluding hydrogens is 356 g/mol. The average molecular weight is 372 g/mol. The van der Waals surface area contributed by atoms with Crippen LogP contribution in [0.5, 0.6) is 5.75 Å². The van der Waals surface area contributed by atoms with Crippen LogP contribution in [0.4, 0.5) is 5.69 Å². The van der Waals surface area contributed by atoms with Crippen molar-refractivity contribution >= 4 is 23.6 Å². The van der Waals surface area contributed by atoms with Gasteiger partial charge in [0.15, 0.2) is 11.5 Å². The number of para-hydroxylation sites is 2. The van der Waals surface area contributed by atoms with Gasteiger partial charge in [-0.25, -0.2) is 4.79 Å². The van der Waals surface area contributed by atoms with Crippen LogP contribution in [-0.2, 0) is 11.3 Å². The summed E-state index contributed by atoms with van der Waals surface area (Å²) in [6.45, 7) is 0.298. The molecule has 6 heteroatoms. The van der Waals surface area contributed by atoms with E-state index in [0.717, 1.165) is 11.1 Å². The third-order valence-electron chi connectivity index (χ3n) is 4.38. The average Bonchev–Trinajstić information content (AvgIpc) is 2.72. The van der Waals surface area contributed by atoms with Crippen LogP contribution >= 0.6 is 0 Å². The van der Waals surface area contributed by atoms with Gasteiger partial charge in [0.1, 0.15) is 0 Å². The molecule has 0 fully saturated rings. The highest BCUT2D eigenvalue weighted by Crippen LogP contribution is 2.36. The van der Waals surface area contributed by atoms with Crippen LogP contribution in [-0.4, -0.2) is 22.0 Å². The van der Waals surface area contributed by atoms with Gasteiger partial charge in [-0.05, 0) is 53.6 Å². The number of rotatable bonds is 4. The number of nitrogens with zero attached hydrogens (tertiary/aromatic N) is 2. The number of hydrogen-bond acceptors (Lipinski definition) is 4. The van der Waals surface area contributed by atoms with Crippen molar-refractivity contribution in [2.75, 3.05) is 4.90 Å². The van der Waals surface area contributed by atoms with E-state index < -0.39 is 5.97 Å². The predicted octanol–water partition coefficient (Wildman–Crippen LogP) is 3.75. The smallest absolute Gasteiger partial charge is 0.335 e. The summed E-state index contributed by atoms with van der Waals surface area (Å²) in [4.78, 5) is 29.7. The van der Waals surface area contributed by atoms with Crippen LogP contribution in [0.25, 0.3) is 6.08 Å². The van der Waals surface area contributed by atoms with E-state index in [1.807, 2.05) is 24.3 Å². The third-order valence-corrected chi connectivity index (χ3v) is 4.38. The lowest BCUT2D eigenvalue weighted by molar-refractivity contribution is -0.117. The Hall–Kier alpha value is -3.93. The Bertz CT molecular complexity index is 1060. The van der Waals surface area contributed by atoms with Crippen LogP contribution in [0, 0.1) is 0 Å². The van der Waals surface area contributed by atoms with Gasteiger partial charge >= 0.3 is 5.97 Å². The molecule has 138 valence electrons. The molecule has 0 aliphatic carbocycles. The molecule has 0 saturated carbocycles. The van der Waals surface area contributed by atoms with Gasteiger partial charge in [-0.1, -0.05) is 24.3 Å². The molecule has 2 aromatic carbocycles. The second-order valence-corrected chi connectivity index (χ2v) is 6.25. The molecule has 6 nitrogen and oxygen atoms in total. The lowest BCUT2D eigenvalue weighted by Crippen LogP contribution is -2.36. The molecule has 1 aliphatic heterocycles. The summed E-state index contributed by atoms with van der Waals surface area (Å²) in [6.07, 6.45) is 4.98. The molecule has 0 saturated heterocycles. The van der Waals surface area contributed by atoms with Crippen LogP contribution in [0.3, 0.4) is 0 Å². The zero-order valence-corrected chi connectivity index (χ0v) is 14.8. The van der Waals surface area contributed by atoms with Crippen molar-refractivity contribution in [3.63, 3.8) is 0 Å². The summed E-state index contributed by atoms with van der Waals surface area (Å²) < 4.78 is 5.84. The first kappa shape index (κ1) is 17.5. The number of carbonyl (C=O) groups is 2. The minimum absolute atomic E-state index is 0.204. The Morgan fingerprint density at radius 2 is 1.75 bits per heavy atom. The van der Waals surface area contributed by atoms with Gasteiger partial charge in [-0.15, -0.1) is 0 Å². The highest BCUT2D eigenvalue weighted by Gasteiger charge is 2.30. The van der Waals surface area contributed by atoms with Gasteiger partial charge in [-0.2, -0.15) is 0 Å². The number of carboxylic acid groups (broad SMARTS) is 1. The molecule has 3 aromatic rings. The van der Waals surface area contributed by atoms with Crippen LogP contribution in [0.1, 0.15) is 21.5 Å². The van der Waals surface area contributed by atoms with Gasteiger partial charge in [0.05, 0.1) is 17.8 Å². The summed E-state index contributed by atoms with van der Waals surface area (Å²) in [5.41, 5.74) is 2.50. The monoisotopic (exact) mass is 372 g/mol. The van der Waals surface area contributed by atoms with E-state index in [1.165, 1.54) is 12.1 Å². The minimum Gasteiger partial charge on any atom is -0.478 e. The first-order valence-corrected chi connectivity index (χ1v) is 8.64. The lowest BCUT2D eigenvalue weighted by atomic mass is 10.1. The fraction of sp³-hybridized carbons (Fsp3) is 0.0455. The van der Waals surface area contributed by atoms with Crippen LogP contribution in [0.2, 0.25) is 0 Å². The molecule has 4 rings (SSSR count). The lowest BCUT2D eigenvalue weighted by Gasteiger charge is -2.30. The van der Waals surface area contributed by atoms with Crippen molar-refractivity contribution in [3.8, 4) is 5.75 Å².